The number of rotatable bonds is 4. The van der Waals surface area contributed by atoms with Gasteiger partial charge in [0.05, 0.1) is 6.61 Å². The molecule has 2 N–H and O–H groups in total. The van der Waals surface area contributed by atoms with E-state index >= 15 is 0 Å². The van der Waals surface area contributed by atoms with Crippen LogP contribution >= 0.6 is 0 Å². The molecule has 0 aliphatic carbocycles. The molecule has 3 rings (SSSR count). The lowest BCUT2D eigenvalue weighted by Gasteiger charge is -2.17. The fourth-order valence-electron chi connectivity index (χ4n) is 3.02. The van der Waals surface area contributed by atoms with Gasteiger partial charge < -0.3 is 15.4 Å². The Labute approximate surface area is 136 Å². The van der Waals surface area contributed by atoms with E-state index in [9.17, 15) is 4.79 Å². The first-order valence-electron chi connectivity index (χ1n) is 7.88. The molecule has 2 aromatic rings. The maximum atomic E-state index is 12.8. The zero-order chi connectivity index (χ0) is 16.2. The second kappa shape index (κ2) is 6.79. The molecule has 120 valence electrons. The molecule has 1 aromatic heterocycles. The van der Waals surface area contributed by atoms with E-state index in [2.05, 4.69) is 17.1 Å². The Balaban J connectivity index is 1.80. The van der Waals surface area contributed by atoms with Crippen molar-refractivity contribution in [1.82, 2.24) is 9.88 Å². The summed E-state index contributed by atoms with van der Waals surface area (Å²) in [6.07, 6.45) is 1.61. The molecule has 0 saturated carbocycles. The number of benzene rings is 1. The number of hydrogen-bond donors (Lipinski definition) is 1. The summed E-state index contributed by atoms with van der Waals surface area (Å²) < 4.78 is 5.51. The van der Waals surface area contributed by atoms with Gasteiger partial charge in [-0.2, -0.15) is 0 Å². The third kappa shape index (κ3) is 3.19. The summed E-state index contributed by atoms with van der Waals surface area (Å²) in [5.74, 6) is 0.555. The Morgan fingerprint density at radius 3 is 2.78 bits per heavy atom. The highest BCUT2D eigenvalue weighted by Crippen LogP contribution is 2.28. The maximum Gasteiger partial charge on any atom is 0.276 e. The number of amides is 1. The number of nitrogens with zero attached hydrogens (tertiary/aromatic N) is 2. The van der Waals surface area contributed by atoms with Crippen molar-refractivity contribution in [3.63, 3.8) is 0 Å². The summed E-state index contributed by atoms with van der Waals surface area (Å²) in [7, 11) is 0. The minimum atomic E-state index is -0.122. The van der Waals surface area contributed by atoms with Gasteiger partial charge in [0, 0.05) is 31.2 Å². The smallest absolute Gasteiger partial charge is 0.276 e. The van der Waals surface area contributed by atoms with Crippen LogP contribution in [0.2, 0.25) is 0 Å². The standard InChI is InChI=1S/C18H21N3O2/c1-2-23-16-9-6-10-20-17(16)18(22)21-11-14(15(19)12-21)13-7-4-3-5-8-13/h3-10,14-15H,2,11-12,19H2,1H3/t14-,15+/m0/s1. The summed E-state index contributed by atoms with van der Waals surface area (Å²) in [4.78, 5) is 18.8. The second-order valence-corrected chi connectivity index (χ2v) is 5.67. The molecule has 5 nitrogen and oxygen atoms in total. The molecule has 1 fully saturated rings. The summed E-state index contributed by atoms with van der Waals surface area (Å²) in [6, 6.07) is 13.6. The predicted octanol–water partition coefficient (Wildman–Crippen LogP) is 2.05. The molecule has 1 amide bonds. The van der Waals surface area contributed by atoms with Gasteiger partial charge in [-0.15, -0.1) is 0 Å². The highest BCUT2D eigenvalue weighted by molar-refractivity contribution is 5.95. The SMILES string of the molecule is CCOc1cccnc1C(=O)N1C[C@@H](N)[C@H](c2ccccc2)C1. The van der Waals surface area contributed by atoms with Gasteiger partial charge in [-0.05, 0) is 24.6 Å². The van der Waals surface area contributed by atoms with E-state index in [-0.39, 0.29) is 17.9 Å². The van der Waals surface area contributed by atoms with E-state index in [1.54, 1.807) is 23.2 Å². The van der Waals surface area contributed by atoms with Crippen molar-refractivity contribution in [2.45, 2.75) is 18.9 Å². The molecule has 2 heterocycles. The Morgan fingerprint density at radius 1 is 1.26 bits per heavy atom. The van der Waals surface area contributed by atoms with Crippen LogP contribution in [-0.2, 0) is 0 Å². The first kappa shape index (κ1) is 15.5. The lowest BCUT2D eigenvalue weighted by atomic mass is 9.95. The number of aromatic nitrogens is 1. The molecule has 0 radical (unpaired) electrons. The fraction of sp³-hybridized carbons (Fsp3) is 0.333. The molecule has 2 atom stereocenters. The van der Waals surface area contributed by atoms with Gasteiger partial charge >= 0.3 is 0 Å². The lowest BCUT2D eigenvalue weighted by molar-refractivity contribution is 0.0778. The van der Waals surface area contributed by atoms with Crippen molar-refractivity contribution in [3.8, 4) is 5.75 Å². The lowest BCUT2D eigenvalue weighted by Crippen LogP contribution is -2.32. The van der Waals surface area contributed by atoms with Crippen LogP contribution in [0.3, 0.4) is 0 Å². The molecule has 0 bridgehead atoms. The number of likely N-dealkylation sites (tertiary alicyclic amines) is 1. The molecule has 1 aliphatic heterocycles. The van der Waals surface area contributed by atoms with Crippen molar-refractivity contribution in [2.75, 3.05) is 19.7 Å². The number of pyridine rings is 1. The van der Waals surface area contributed by atoms with E-state index in [1.807, 2.05) is 25.1 Å². The predicted molar refractivity (Wildman–Crippen MR) is 88.5 cm³/mol. The number of carbonyl (C=O) groups excluding carboxylic acids is 1. The Morgan fingerprint density at radius 2 is 2.04 bits per heavy atom. The van der Waals surface area contributed by atoms with Crippen LogP contribution in [-0.4, -0.2) is 41.5 Å². The number of carbonyl (C=O) groups is 1. The molecule has 5 heteroatoms. The van der Waals surface area contributed by atoms with Crippen LogP contribution in [0.25, 0.3) is 0 Å². The highest BCUT2D eigenvalue weighted by atomic mass is 16.5. The van der Waals surface area contributed by atoms with Gasteiger partial charge in [0.25, 0.3) is 5.91 Å². The molecule has 0 spiro atoms. The molecule has 1 aliphatic rings. The van der Waals surface area contributed by atoms with Crippen molar-refractivity contribution in [2.24, 2.45) is 5.73 Å². The maximum absolute atomic E-state index is 12.8. The monoisotopic (exact) mass is 311 g/mol. The van der Waals surface area contributed by atoms with Crippen LogP contribution in [0.1, 0.15) is 28.9 Å². The molecular formula is C18H21N3O2. The highest BCUT2D eigenvalue weighted by Gasteiger charge is 2.35. The van der Waals surface area contributed by atoms with Gasteiger partial charge in [0.2, 0.25) is 0 Å². The summed E-state index contributed by atoms with van der Waals surface area (Å²) in [5.41, 5.74) is 7.79. The molecule has 1 aromatic carbocycles. The summed E-state index contributed by atoms with van der Waals surface area (Å²) in [6.45, 7) is 3.52. The van der Waals surface area contributed by atoms with Gasteiger partial charge in [0.15, 0.2) is 11.4 Å². The zero-order valence-corrected chi connectivity index (χ0v) is 13.2. The third-order valence-corrected chi connectivity index (χ3v) is 4.15. The van der Waals surface area contributed by atoms with Crippen molar-refractivity contribution in [3.05, 3.63) is 59.9 Å². The van der Waals surface area contributed by atoms with E-state index < -0.39 is 0 Å². The molecule has 23 heavy (non-hydrogen) atoms. The second-order valence-electron chi connectivity index (χ2n) is 5.67. The molecular weight excluding hydrogens is 290 g/mol. The average Bonchev–Trinajstić information content (AvgIpc) is 2.98. The number of hydrogen-bond acceptors (Lipinski definition) is 4. The van der Waals surface area contributed by atoms with E-state index in [0.29, 0.717) is 31.1 Å². The average molecular weight is 311 g/mol. The zero-order valence-electron chi connectivity index (χ0n) is 13.2. The van der Waals surface area contributed by atoms with Crippen molar-refractivity contribution in [1.29, 1.82) is 0 Å². The minimum Gasteiger partial charge on any atom is -0.491 e. The van der Waals surface area contributed by atoms with Crippen LogP contribution in [0.15, 0.2) is 48.7 Å². The summed E-state index contributed by atoms with van der Waals surface area (Å²) >= 11 is 0. The Bertz CT molecular complexity index is 675. The van der Waals surface area contributed by atoms with Gasteiger partial charge in [0.1, 0.15) is 0 Å². The molecule has 0 unspecified atom stereocenters. The van der Waals surface area contributed by atoms with E-state index in [4.69, 9.17) is 10.5 Å². The van der Waals surface area contributed by atoms with Crippen LogP contribution < -0.4 is 10.5 Å². The summed E-state index contributed by atoms with van der Waals surface area (Å²) in [5, 5.41) is 0. The van der Waals surface area contributed by atoms with Crippen LogP contribution in [0.5, 0.6) is 5.75 Å². The Kier molecular flexibility index (Phi) is 4.57. The number of nitrogens with two attached hydrogens (primary N) is 1. The largest absolute Gasteiger partial charge is 0.491 e. The first-order chi connectivity index (χ1) is 11.2. The quantitative estimate of drug-likeness (QED) is 0.938. The third-order valence-electron chi connectivity index (χ3n) is 4.15. The van der Waals surface area contributed by atoms with Crippen LogP contribution in [0.4, 0.5) is 0 Å². The van der Waals surface area contributed by atoms with Gasteiger partial charge in [-0.3, -0.25) is 4.79 Å². The normalized spacial score (nSPS) is 20.5. The fourth-order valence-corrected chi connectivity index (χ4v) is 3.02. The van der Waals surface area contributed by atoms with E-state index in [0.717, 1.165) is 0 Å². The topological polar surface area (TPSA) is 68.5 Å². The van der Waals surface area contributed by atoms with Gasteiger partial charge in [-0.1, -0.05) is 30.3 Å². The number of ether oxygens (including phenoxy) is 1. The van der Waals surface area contributed by atoms with Gasteiger partial charge in [-0.25, -0.2) is 4.98 Å². The van der Waals surface area contributed by atoms with Crippen molar-refractivity contribution >= 4 is 5.91 Å². The first-order valence-corrected chi connectivity index (χ1v) is 7.88. The Hall–Kier alpha value is -2.40. The minimum absolute atomic E-state index is 0.0689. The molecule has 1 saturated heterocycles. The van der Waals surface area contributed by atoms with Crippen molar-refractivity contribution < 1.29 is 9.53 Å². The van der Waals surface area contributed by atoms with E-state index in [1.165, 1.54) is 5.56 Å². The van der Waals surface area contributed by atoms with Crippen LogP contribution in [0, 0.1) is 0 Å².